The molecule has 1 aromatic heterocycles. The van der Waals surface area contributed by atoms with Crippen molar-refractivity contribution in [3.8, 4) is 5.75 Å². The summed E-state index contributed by atoms with van der Waals surface area (Å²) < 4.78 is 23.9. The quantitative estimate of drug-likeness (QED) is 0.911. The average Bonchev–Trinajstić information content (AvgIpc) is 2.60. The molecule has 6 nitrogen and oxygen atoms in total. The highest BCUT2D eigenvalue weighted by Gasteiger charge is 2.13. The molecular formula is C16H19FN4O2. The van der Waals surface area contributed by atoms with Crippen LogP contribution in [0.4, 0.5) is 16.2 Å². The van der Waals surface area contributed by atoms with E-state index in [0.717, 1.165) is 18.7 Å². The summed E-state index contributed by atoms with van der Waals surface area (Å²) >= 11 is 0. The van der Waals surface area contributed by atoms with E-state index in [2.05, 4.69) is 20.2 Å². The molecule has 0 spiro atoms. The Bertz CT molecular complexity index is 662. The van der Waals surface area contributed by atoms with Crippen LogP contribution in [0.5, 0.6) is 5.75 Å². The number of benzene rings is 1. The fraction of sp³-hybridized carbons (Fsp3) is 0.375. The highest BCUT2D eigenvalue weighted by atomic mass is 19.1. The lowest BCUT2D eigenvalue weighted by Gasteiger charge is -2.26. The van der Waals surface area contributed by atoms with Crippen molar-refractivity contribution in [2.45, 2.75) is 6.54 Å². The van der Waals surface area contributed by atoms with Crippen LogP contribution < -0.4 is 15.0 Å². The van der Waals surface area contributed by atoms with Gasteiger partial charge in [-0.2, -0.15) is 4.98 Å². The SMILES string of the molecule is COc1cc(F)cc(CNc2ccnc(N3CCOCC3)n2)c1. The Balaban J connectivity index is 1.67. The van der Waals surface area contributed by atoms with E-state index in [4.69, 9.17) is 9.47 Å². The van der Waals surface area contributed by atoms with Gasteiger partial charge in [0.2, 0.25) is 5.95 Å². The maximum atomic E-state index is 13.5. The molecule has 1 saturated heterocycles. The van der Waals surface area contributed by atoms with Crippen molar-refractivity contribution >= 4 is 11.8 Å². The molecule has 2 aromatic rings. The molecule has 1 fully saturated rings. The second kappa shape index (κ2) is 7.23. The van der Waals surface area contributed by atoms with Crippen LogP contribution in [0.3, 0.4) is 0 Å². The van der Waals surface area contributed by atoms with Crippen LogP contribution in [0.1, 0.15) is 5.56 Å². The second-order valence-corrected chi connectivity index (χ2v) is 5.19. The van der Waals surface area contributed by atoms with Gasteiger partial charge in [0.05, 0.1) is 20.3 Å². The zero-order valence-corrected chi connectivity index (χ0v) is 13.0. The lowest BCUT2D eigenvalue weighted by atomic mass is 10.2. The van der Waals surface area contributed by atoms with Crippen LogP contribution >= 0.6 is 0 Å². The van der Waals surface area contributed by atoms with Crippen molar-refractivity contribution in [2.75, 3.05) is 43.6 Å². The molecule has 1 aliphatic rings. The summed E-state index contributed by atoms with van der Waals surface area (Å²) in [7, 11) is 1.52. The lowest BCUT2D eigenvalue weighted by Crippen LogP contribution is -2.37. The Kier molecular flexibility index (Phi) is 4.87. The molecular weight excluding hydrogens is 299 g/mol. The zero-order valence-electron chi connectivity index (χ0n) is 13.0. The Morgan fingerprint density at radius 1 is 1.30 bits per heavy atom. The molecule has 0 atom stereocenters. The highest BCUT2D eigenvalue weighted by molar-refractivity contribution is 5.42. The van der Waals surface area contributed by atoms with Crippen LogP contribution in [0.25, 0.3) is 0 Å². The fourth-order valence-electron chi connectivity index (χ4n) is 2.40. The van der Waals surface area contributed by atoms with Crippen LogP contribution in [-0.4, -0.2) is 43.4 Å². The first kappa shape index (κ1) is 15.5. The molecule has 7 heteroatoms. The maximum Gasteiger partial charge on any atom is 0.227 e. The Morgan fingerprint density at radius 2 is 2.13 bits per heavy atom. The van der Waals surface area contributed by atoms with Gasteiger partial charge in [-0.15, -0.1) is 0 Å². The molecule has 0 aliphatic carbocycles. The zero-order chi connectivity index (χ0) is 16.1. The van der Waals surface area contributed by atoms with Gasteiger partial charge in [0.25, 0.3) is 0 Å². The number of halogens is 1. The molecule has 122 valence electrons. The van der Waals surface area contributed by atoms with Crippen LogP contribution in [0, 0.1) is 5.82 Å². The standard InChI is InChI=1S/C16H19FN4O2/c1-22-14-9-12(8-13(17)10-14)11-19-15-2-3-18-16(20-15)21-4-6-23-7-5-21/h2-3,8-10H,4-7,11H2,1H3,(H,18,19,20). The van der Waals surface area contributed by atoms with Gasteiger partial charge in [0.15, 0.2) is 0 Å². The molecule has 1 aromatic carbocycles. The molecule has 2 heterocycles. The first-order valence-electron chi connectivity index (χ1n) is 7.47. The molecule has 1 aliphatic heterocycles. The summed E-state index contributed by atoms with van der Waals surface area (Å²) in [6.07, 6.45) is 1.71. The molecule has 0 amide bonds. The number of rotatable bonds is 5. The molecule has 23 heavy (non-hydrogen) atoms. The molecule has 3 rings (SSSR count). The summed E-state index contributed by atoms with van der Waals surface area (Å²) in [5.74, 6) is 1.55. The summed E-state index contributed by atoms with van der Waals surface area (Å²) in [4.78, 5) is 10.9. The van der Waals surface area contributed by atoms with Crippen molar-refractivity contribution in [1.29, 1.82) is 0 Å². The number of nitrogens with zero attached hydrogens (tertiary/aromatic N) is 3. The first-order chi connectivity index (χ1) is 11.2. The minimum atomic E-state index is -0.321. The van der Waals surface area contributed by atoms with E-state index in [9.17, 15) is 4.39 Å². The predicted octanol–water partition coefficient (Wildman–Crippen LogP) is 2.07. The molecule has 0 unspecified atom stereocenters. The van der Waals surface area contributed by atoms with E-state index in [1.807, 2.05) is 0 Å². The number of anilines is 2. The fourth-order valence-corrected chi connectivity index (χ4v) is 2.40. The monoisotopic (exact) mass is 318 g/mol. The average molecular weight is 318 g/mol. The van der Waals surface area contributed by atoms with Crippen molar-refractivity contribution < 1.29 is 13.9 Å². The van der Waals surface area contributed by atoms with Crippen LogP contribution in [0.2, 0.25) is 0 Å². The van der Waals surface area contributed by atoms with Gasteiger partial charge in [-0.25, -0.2) is 9.37 Å². The Morgan fingerprint density at radius 3 is 2.91 bits per heavy atom. The molecule has 1 N–H and O–H groups in total. The number of morpholine rings is 1. The molecule has 0 saturated carbocycles. The van der Waals surface area contributed by atoms with Crippen molar-refractivity contribution in [2.24, 2.45) is 0 Å². The van der Waals surface area contributed by atoms with E-state index in [-0.39, 0.29) is 5.82 Å². The maximum absolute atomic E-state index is 13.5. The van der Waals surface area contributed by atoms with Gasteiger partial charge < -0.3 is 19.7 Å². The number of nitrogens with one attached hydrogen (secondary N) is 1. The van der Waals surface area contributed by atoms with E-state index < -0.39 is 0 Å². The van der Waals surface area contributed by atoms with E-state index >= 15 is 0 Å². The smallest absolute Gasteiger partial charge is 0.227 e. The topological polar surface area (TPSA) is 59.5 Å². The van der Waals surface area contributed by atoms with Gasteiger partial charge in [-0.05, 0) is 23.8 Å². The van der Waals surface area contributed by atoms with Crippen molar-refractivity contribution in [3.63, 3.8) is 0 Å². The third kappa shape index (κ3) is 4.07. The summed E-state index contributed by atoms with van der Waals surface area (Å²) in [5.41, 5.74) is 0.786. The van der Waals surface area contributed by atoms with Crippen molar-refractivity contribution in [3.05, 3.63) is 41.8 Å². The van der Waals surface area contributed by atoms with E-state index in [0.29, 0.717) is 37.3 Å². The molecule has 0 bridgehead atoms. The summed E-state index contributed by atoms with van der Waals surface area (Å²) in [6.45, 7) is 3.39. The molecule has 0 radical (unpaired) electrons. The van der Waals surface area contributed by atoms with Crippen LogP contribution in [0.15, 0.2) is 30.5 Å². The van der Waals surface area contributed by atoms with Gasteiger partial charge in [-0.3, -0.25) is 0 Å². The number of methoxy groups -OCH3 is 1. The van der Waals surface area contributed by atoms with Crippen LogP contribution in [-0.2, 0) is 11.3 Å². The predicted molar refractivity (Wildman–Crippen MR) is 85.3 cm³/mol. The first-order valence-corrected chi connectivity index (χ1v) is 7.47. The van der Waals surface area contributed by atoms with E-state index in [1.54, 1.807) is 18.3 Å². The van der Waals surface area contributed by atoms with Gasteiger partial charge >= 0.3 is 0 Å². The minimum Gasteiger partial charge on any atom is -0.497 e. The normalized spacial score (nSPS) is 14.6. The highest BCUT2D eigenvalue weighted by Crippen LogP contribution is 2.18. The largest absolute Gasteiger partial charge is 0.497 e. The number of hydrogen-bond donors (Lipinski definition) is 1. The number of aromatic nitrogens is 2. The van der Waals surface area contributed by atoms with Gasteiger partial charge in [0, 0.05) is 31.9 Å². The lowest BCUT2D eigenvalue weighted by molar-refractivity contribution is 0.122. The van der Waals surface area contributed by atoms with Gasteiger partial charge in [0.1, 0.15) is 17.4 Å². The Hall–Kier alpha value is -2.41. The summed E-state index contributed by atoms with van der Waals surface area (Å²) in [6, 6.07) is 6.41. The van der Waals surface area contributed by atoms with Crippen molar-refractivity contribution in [1.82, 2.24) is 9.97 Å². The number of hydrogen-bond acceptors (Lipinski definition) is 6. The van der Waals surface area contributed by atoms with Gasteiger partial charge in [-0.1, -0.05) is 0 Å². The Labute approximate surface area is 134 Å². The third-order valence-electron chi connectivity index (χ3n) is 3.58. The number of ether oxygens (including phenoxy) is 2. The summed E-state index contributed by atoms with van der Waals surface area (Å²) in [5, 5.41) is 3.19. The minimum absolute atomic E-state index is 0.321. The van der Waals surface area contributed by atoms with E-state index in [1.165, 1.54) is 19.2 Å². The third-order valence-corrected chi connectivity index (χ3v) is 3.58. The second-order valence-electron chi connectivity index (χ2n) is 5.19.